The van der Waals surface area contributed by atoms with E-state index in [9.17, 15) is 31.2 Å². The molecule has 100 valence electrons. The van der Waals surface area contributed by atoms with Crippen LogP contribution in [0.3, 0.4) is 0 Å². The number of hydrogen-bond acceptors (Lipinski definition) is 6. The molecule has 0 fully saturated rings. The molecule has 1 aromatic rings. The Morgan fingerprint density at radius 2 is 1.94 bits per heavy atom. The van der Waals surface area contributed by atoms with Crippen molar-refractivity contribution in [3.05, 3.63) is 28.3 Å². The van der Waals surface area contributed by atoms with Crippen molar-refractivity contribution in [2.45, 2.75) is 5.51 Å². The normalized spacial score (nSPS) is 12.2. The van der Waals surface area contributed by atoms with Crippen LogP contribution in [-0.2, 0) is 10.1 Å². The van der Waals surface area contributed by atoms with Gasteiger partial charge in [0, 0.05) is 6.07 Å². The van der Waals surface area contributed by atoms with Gasteiger partial charge in [-0.2, -0.15) is 21.6 Å². The van der Waals surface area contributed by atoms with Crippen LogP contribution in [0.25, 0.3) is 0 Å². The number of carboxylic acids is 1. The third-order valence-corrected chi connectivity index (χ3v) is 2.46. The third kappa shape index (κ3) is 2.80. The number of halogens is 3. The molecule has 0 amide bonds. The summed E-state index contributed by atoms with van der Waals surface area (Å²) in [6.45, 7) is 0. The van der Waals surface area contributed by atoms with Crippen LogP contribution in [0, 0.1) is 0 Å². The Morgan fingerprint density at radius 1 is 1.39 bits per heavy atom. The van der Waals surface area contributed by atoms with Gasteiger partial charge in [0.2, 0.25) is 16.9 Å². The van der Waals surface area contributed by atoms with E-state index in [-0.39, 0.29) is 12.3 Å². The van der Waals surface area contributed by atoms with E-state index in [2.05, 4.69) is 8.60 Å². The van der Waals surface area contributed by atoms with Gasteiger partial charge in [-0.05, 0) is 0 Å². The Morgan fingerprint density at radius 3 is 2.33 bits per heavy atom. The average molecular weight is 288 g/mol. The number of carbonyl (C=O) groups is 1. The van der Waals surface area contributed by atoms with Crippen LogP contribution in [0.2, 0.25) is 0 Å². The van der Waals surface area contributed by atoms with Gasteiger partial charge in [-0.1, -0.05) is 0 Å². The molecule has 0 atom stereocenters. The first-order valence-electron chi connectivity index (χ1n) is 3.91. The van der Waals surface area contributed by atoms with Crippen molar-refractivity contribution in [1.82, 2.24) is 0 Å². The predicted molar refractivity (Wildman–Crippen MR) is 47.5 cm³/mol. The summed E-state index contributed by atoms with van der Waals surface area (Å²) in [5.41, 5.74) is -7.10. The van der Waals surface area contributed by atoms with Gasteiger partial charge in [-0.25, -0.2) is 4.79 Å². The summed E-state index contributed by atoms with van der Waals surface area (Å²) in [4.78, 5) is 21.4. The first-order chi connectivity index (χ1) is 8.04. The highest BCUT2D eigenvalue weighted by atomic mass is 32.2. The summed E-state index contributed by atoms with van der Waals surface area (Å²) < 4.78 is 64.5. The van der Waals surface area contributed by atoms with Crippen LogP contribution in [-0.4, -0.2) is 25.0 Å². The number of carboxylic acid groups (broad SMARTS) is 1. The molecule has 1 heterocycles. The SMILES string of the molecule is O=C(O)c1cc(=O)c(OS(=O)(=O)C(F)(F)F)co1. The van der Waals surface area contributed by atoms with E-state index in [0.29, 0.717) is 0 Å². The molecule has 0 spiro atoms. The fraction of sp³-hybridized carbons (Fsp3) is 0.143. The summed E-state index contributed by atoms with van der Waals surface area (Å²) in [5, 5.41) is 8.39. The predicted octanol–water partition coefficient (Wildman–Crippen LogP) is 0.566. The van der Waals surface area contributed by atoms with E-state index in [4.69, 9.17) is 5.11 Å². The lowest BCUT2D eigenvalue weighted by molar-refractivity contribution is -0.0500. The smallest absolute Gasteiger partial charge is 0.475 e. The summed E-state index contributed by atoms with van der Waals surface area (Å²) in [7, 11) is -6.01. The average Bonchev–Trinajstić information content (AvgIpc) is 2.18. The Labute approximate surface area is 96.5 Å². The summed E-state index contributed by atoms with van der Waals surface area (Å²) >= 11 is 0. The zero-order valence-corrected chi connectivity index (χ0v) is 8.91. The topological polar surface area (TPSA) is 111 Å². The first-order valence-corrected chi connectivity index (χ1v) is 5.32. The van der Waals surface area contributed by atoms with E-state index < -0.39 is 38.5 Å². The molecule has 11 heteroatoms. The van der Waals surface area contributed by atoms with E-state index in [1.165, 1.54) is 0 Å². The van der Waals surface area contributed by atoms with Crippen molar-refractivity contribution >= 4 is 16.1 Å². The highest BCUT2D eigenvalue weighted by Crippen LogP contribution is 2.25. The van der Waals surface area contributed by atoms with Crippen molar-refractivity contribution in [1.29, 1.82) is 0 Å². The van der Waals surface area contributed by atoms with E-state index in [0.717, 1.165) is 0 Å². The molecule has 1 N–H and O–H groups in total. The molecule has 0 bridgehead atoms. The molecule has 7 nitrogen and oxygen atoms in total. The maximum atomic E-state index is 11.9. The van der Waals surface area contributed by atoms with Gasteiger partial charge in [0.15, 0.2) is 0 Å². The molecule has 0 radical (unpaired) electrons. The number of hydrogen-bond donors (Lipinski definition) is 1. The highest BCUT2D eigenvalue weighted by molar-refractivity contribution is 7.87. The van der Waals surface area contributed by atoms with E-state index in [1.54, 1.807) is 0 Å². The second kappa shape index (κ2) is 4.33. The van der Waals surface area contributed by atoms with Crippen LogP contribution in [0.1, 0.15) is 10.6 Å². The van der Waals surface area contributed by atoms with Gasteiger partial charge >= 0.3 is 21.6 Å². The quantitative estimate of drug-likeness (QED) is 0.639. The fourth-order valence-corrected chi connectivity index (χ4v) is 1.19. The fourth-order valence-electron chi connectivity index (χ4n) is 0.738. The molecular weight excluding hydrogens is 285 g/mol. The molecule has 1 aromatic heterocycles. The Bertz CT molecular complexity index is 627. The minimum absolute atomic E-state index is 0.162. The lowest BCUT2D eigenvalue weighted by atomic mass is 10.4. The lowest BCUT2D eigenvalue weighted by Gasteiger charge is -2.08. The molecule has 0 aliphatic carbocycles. The summed E-state index contributed by atoms with van der Waals surface area (Å²) in [6, 6.07) is 0.281. The van der Waals surface area contributed by atoms with Gasteiger partial charge < -0.3 is 13.7 Å². The first kappa shape index (κ1) is 14.0. The van der Waals surface area contributed by atoms with Gasteiger partial charge in [-0.15, -0.1) is 0 Å². The molecule has 0 aliphatic heterocycles. The van der Waals surface area contributed by atoms with Crippen LogP contribution in [0.5, 0.6) is 5.75 Å². The molecule has 18 heavy (non-hydrogen) atoms. The van der Waals surface area contributed by atoms with Crippen LogP contribution < -0.4 is 9.61 Å². The van der Waals surface area contributed by atoms with Crippen molar-refractivity contribution < 1.29 is 40.1 Å². The molecule has 1 rings (SSSR count). The summed E-state index contributed by atoms with van der Waals surface area (Å²) in [5.74, 6) is -3.83. The largest absolute Gasteiger partial charge is 0.534 e. The zero-order valence-electron chi connectivity index (χ0n) is 8.09. The molecule has 0 unspecified atom stereocenters. The lowest BCUT2D eigenvalue weighted by Crippen LogP contribution is -2.29. The van der Waals surface area contributed by atoms with Crippen molar-refractivity contribution in [2.75, 3.05) is 0 Å². The van der Waals surface area contributed by atoms with Crippen molar-refractivity contribution in [2.24, 2.45) is 0 Å². The minimum atomic E-state index is -6.01. The maximum Gasteiger partial charge on any atom is 0.534 e. The second-order valence-electron chi connectivity index (χ2n) is 2.76. The monoisotopic (exact) mass is 288 g/mol. The molecule has 0 saturated heterocycles. The van der Waals surface area contributed by atoms with Crippen molar-refractivity contribution in [3.8, 4) is 5.75 Å². The molecular formula is C7H3F3O7S. The highest BCUT2D eigenvalue weighted by Gasteiger charge is 2.49. The molecule has 0 aliphatic rings. The van der Waals surface area contributed by atoms with Gasteiger partial charge in [0.1, 0.15) is 6.26 Å². The van der Waals surface area contributed by atoms with Gasteiger partial charge in [-0.3, -0.25) is 4.79 Å². The van der Waals surface area contributed by atoms with Crippen LogP contribution in [0.4, 0.5) is 13.2 Å². The number of aromatic carboxylic acids is 1. The Balaban J connectivity index is 3.16. The van der Waals surface area contributed by atoms with Gasteiger partial charge in [0.05, 0.1) is 0 Å². The zero-order chi connectivity index (χ0) is 14.1. The van der Waals surface area contributed by atoms with Crippen molar-refractivity contribution in [3.63, 3.8) is 0 Å². The molecule has 0 aromatic carbocycles. The standard InChI is InChI=1S/C7H3F3O7S/c8-7(9,10)18(14,15)17-5-2-16-4(6(12)13)1-3(5)11/h1-2H,(H,12,13). The minimum Gasteiger partial charge on any atom is -0.475 e. The van der Waals surface area contributed by atoms with Crippen LogP contribution in [0.15, 0.2) is 21.5 Å². The number of rotatable bonds is 3. The Kier molecular flexibility index (Phi) is 3.37. The third-order valence-electron chi connectivity index (χ3n) is 1.49. The maximum absolute atomic E-state index is 11.9. The van der Waals surface area contributed by atoms with E-state index in [1.807, 2.05) is 0 Å². The van der Waals surface area contributed by atoms with Crippen LogP contribution >= 0.6 is 0 Å². The van der Waals surface area contributed by atoms with Gasteiger partial charge in [0.25, 0.3) is 0 Å². The Hall–Kier alpha value is -2.04. The van der Waals surface area contributed by atoms with E-state index >= 15 is 0 Å². The molecule has 0 saturated carbocycles. The summed E-state index contributed by atoms with van der Waals surface area (Å²) in [6.07, 6.45) is 0.162. The number of alkyl halides is 3. The second-order valence-corrected chi connectivity index (χ2v) is 4.30.